The molecule has 2 aliphatic carbocycles. The molecule has 0 radical (unpaired) electrons. The molecule has 0 heteroatoms. The van der Waals surface area contributed by atoms with Gasteiger partial charge in [0.25, 0.3) is 0 Å². The summed E-state index contributed by atoms with van der Waals surface area (Å²) in [7, 11) is 0. The molecule has 0 atom stereocenters. The summed E-state index contributed by atoms with van der Waals surface area (Å²) in [6.07, 6.45) is 21.0. The van der Waals surface area contributed by atoms with Gasteiger partial charge in [-0.1, -0.05) is 89.9 Å². The van der Waals surface area contributed by atoms with E-state index in [4.69, 9.17) is 0 Å². The van der Waals surface area contributed by atoms with Gasteiger partial charge in [-0.2, -0.15) is 0 Å². The van der Waals surface area contributed by atoms with Crippen LogP contribution in [0.25, 0.3) is 0 Å². The number of rotatable bonds is 0. The summed E-state index contributed by atoms with van der Waals surface area (Å²) in [5, 5.41) is 0. The quantitative estimate of drug-likeness (QED) is 0.482. The Balaban J connectivity index is 0.000000146. The molecular weight excluding hydrogens is 168 g/mol. The molecule has 0 aromatic carbocycles. The van der Waals surface area contributed by atoms with E-state index in [9.17, 15) is 0 Å². The van der Waals surface area contributed by atoms with Gasteiger partial charge in [0.15, 0.2) is 0 Å². The lowest BCUT2D eigenvalue weighted by Gasteiger charge is -2.05. The Morgan fingerprint density at radius 3 is 0.286 bits per heavy atom. The topological polar surface area (TPSA) is 0 Å². The number of hydrogen-bond acceptors (Lipinski definition) is 0. The van der Waals surface area contributed by atoms with E-state index >= 15 is 0 Å². The van der Waals surface area contributed by atoms with Gasteiger partial charge in [0.05, 0.1) is 0 Å². The van der Waals surface area contributed by atoms with Crippen LogP contribution in [0.2, 0.25) is 0 Å². The lowest BCUT2D eigenvalue weighted by Crippen LogP contribution is -1.85. The van der Waals surface area contributed by atoms with E-state index in [1.807, 2.05) is 0 Å². The van der Waals surface area contributed by atoms with E-state index in [0.29, 0.717) is 0 Å². The lowest BCUT2D eigenvalue weighted by atomic mass is 10.0. The van der Waals surface area contributed by atoms with Gasteiger partial charge in [-0.25, -0.2) is 0 Å². The summed E-state index contributed by atoms with van der Waals surface area (Å²) in [6.45, 7) is 0. The second-order valence-electron chi connectivity index (χ2n) is 4.95. The van der Waals surface area contributed by atoms with Gasteiger partial charge in [0, 0.05) is 0 Å². The van der Waals surface area contributed by atoms with Gasteiger partial charge < -0.3 is 0 Å². The summed E-state index contributed by atoms with van der Waals surface area (Å²) in [6, 6.07) is 0. The summed E-state index contributed by atoms with van der Waals surface area (Å²) in [4.78, 5) is 0. The zero-order chi connectivity index (χ0) is 9.90. The first-order chi connectivity index (χ1) is 7.00. The normalized spacial score (nSPS) is 24.0. The predicted molar refractivity (Wildman–Crippen MR) is 64.6 cm³/mol. The Morgan fingerprint density at radius 1 is 0.143 bits per heavy atom. The lowest BCUT2D eigenvalue weighted by molar-refractivity contribution is 0.504. The molecule has 84 valence electrons. The Bertz CT molecular complexity index is 67.1. The Kier molecular flexibility index (Phi) is 8.24. The van der Waals surface area contributed by atoms with E-state index in [1.165, 1.54) is 89.9 Å². The van der Waals surface area contributed by atoms with Crippen molar-refractivity contribution in [3.8, 4) is 0 Å². The van der Waals surface area contributed by atoms with E-state index in [0.717, 1.165) is 0 Å². The molecule has 2 rings (SSSR count). The minimum absolute atomic E-state index is 1.50. The molecule has 0 nitrogen and oxygen atoms in total. The van der Waals surface area contributed by atoms with Crippen molar-refractivity contribution in [3.05, 3.63) is 0 Å². The molecule has 0 aromatic heterocycles. The van der Waals surface area contributed by atoms with Crippen LogP contribution in [0.3, 0.4) is 0 Å². The van der Waals surface area contributed by atoms with Gasteiger partial charge in [0.2, 0.25) is 0 Å². The molecule has 0 unspecified atom stereocenters. The van der Waals surface area contributed by atoms with Crippen molar-refractivity contribution in [3.63, 3.8) is 0 Å². The molecule has 2 fully saturated rings. The molecule has 0 N–H and O–H groups in total. The molecule has 14 heavy (non-hydrogen) atoms. The highest BCUT2D eigenvalue weighted by Gasteiger charge is 1.96. The third kappa shape index (κ3) is 7.41. The van der Waals surface area contributed by atoms with Crippen LogP contribution in [0, 0.1) is 0 Å². The Morgan fingerprint density at radius 2 is 0.214 bits per heavy atom. The molecular formula is C14H28. The first-order valence-corrected chi connectivity index (χ1v) is 7.00. The van der Waals surface area contributed by atoms with Gasteiger partial charge in [-0.3, -0.25) is 0 Å². The van der Waals surface area contributed by atoms with Crippen molar-refractivity contribution in [2.45, 2.75) is 89.9 Å². The van der Waals surface area contributed by atoms with Crippen molar-refractivity contribution in [1.82, 2.24) is 0 Å². The van der Waals surface area contributed by atoms with Crippen LogP contribution >= 0.6 is 0 Å². The minimum atomic E-state index is 1.50. The van der Waals surface area contributed by atoms with Crippen molar-refractivity contribution in [1.29, 1.82) is 0 Å². The van der Waals surface area contributed by atoms with Crippen molar-refractivity contribution < 1.29 is 0 Å². The molecule has 2 saturated carbocycles. The van der Waals surface area contributed by atoms with Crippen molar-refractivity contribution >= 4 is 0 Å². The third-order valence-corrected chi connectivity index (χ3v) is 3.50. The van der Waals surface area contributed by atoms with Gasteiger partial charge >= 0.3 is 0 Å². The molecule has 0 aliphatic heterocycles. The fourth-order valence-corrected chi connectivity index (χ4v) is 2.47. The van der Waals surface area contributed by atoms with Crippen LogP contribution in [0.1, 0.15) is 89.9 Å². The maximum absolute atomic E-state index is 1.50. The second-order valence-corrected chi connectivity index (χ2v) is 4.95. The van der Waals surface area contributed by atoms with Crippen LogP contribution in [0.15, 0.2) is 0 Å². The zero-order valence-corrected chi connectivity index (χ0v) is 9.90. The maximum atomic E-state index is 1.50. The molecule has 0 heterocycles. The Hall–Kier alpha value is 0. The van der Waals surface area contributed by atoms with Gasteiger partial charge in [-0.05, 0) is 0 Å². The smallest absolute Gasteiger partial charge is 0.0533 e. The van der Waals surface area contributed by atoms with E-state index in [1.54, 1.807) is 0 Å². The van der Waals surface area contributed by atoms with E-state index in [2.05, 4.69) is 0 Å². The summed E-state index contributed by atoms with van der Waals surface area (Å²) < 4.78 is 0. The first kappa shape index (κ1) is 12.1. The molecule has 0 aromatic rings. The van der Waals surface area contributed by atoms with Crippen molar-refractivity contribution in [2.24, 2.45) is 0 Å². The Labute approximate surface area is 90.5 Å². The minimum Gasteiger partial charge on any atom is -0.0533 e. The van der Waals surface area contributed by atoms with Crippen molar-refractivity contribution in [2.75, 3.05) is 0 Å². The summed E-state index contributed by atoms with van der Waals surface area (Å²) in [5.41, 5.74) is 0. The van der Waals surface area contributed by atoms with Gasteiger partial charge in [0.1, 0.15) is 0 Å². The summed E-state index contributed by atoms with van der Waals surface area (Å²) >= 11 is 0. The first-order valence-electron chi connectivity index (χ1n) is 7.00. The highest BCUT2D eigenvalue weighted by atomic mass is 14.0. The molecule has 0 spiro atoms. The van der Waals surface area contributed by atoms with Gasteiger partial charge in [-0.15, -0.1) is 0 Å². The SMILES string of the molecule is C1CCCCC1.C1CCCCCCC1. The maximum Gasteiger partial charge on any atom is -0.0533 e. The highest BCUT2D eigenvalue weighted by molar-refractivity contribution is 4.51. The second kappa shape index (κ2) is 9.55. The van der Waals surface area contributed by atoms with Crippen LogP contribution in [-0.2, 0) is 0 Å². The van der Waals surface area contributed by atoms with E-state index < -0.39 is 0 Å². The molecule has 0 amide bonds. The van der Waals surface area contributed by atoms with Crippen LogP contribution in [0.4, 0.5) is 0 Å². The monoisotopic (exact) mass is 196 g/mol. The summed E-state index contributed by atoms with van der Waals surface area (Å²) in [5.74, 6) is 0. The molecule has 2 aliphatic rings. The third-order valence-electron chi connectivity index (χ3n) is 3.50. The van der Waals surface area contributed by atoms with E-state index in [-0.39, 0.29) is 0 Å². The van der Waals surface area contributed by atoms with Crippen LogP contribution in [-0.4, -0.2) is 0 Å². The average molecular weight is 196 g/mol. The predicted octanol–water partition coefficient (Wildman–Crippen LogP) is 5.46. The zero-order valence-electron chi connectivity index (χ0n) is 9.90. The van der Waals surface area contributed by atoms with Crippen LogP contribution in [0.5, 0.6) is 0 Å². The largest absolute Gasteiger partial charge is 0.0533 e. The fourth-order valence-electron chi connectivity index (χ4n) is 2.47. The molecule has 0 saturated heterocycles. The standard InChI is InChI=1S/C8H16.C6H12/c1-2-4-6-8-7-5-3-1;1-2-4-6-5-3-1/h1-8H2;1-6H2. The molecule has 0 bridgehead atoms. The van der Waals surface area contributed by atoms with Crippen LogP contribution < -0.4 is 0 Å². The fraction of sp³-hybridized carbons (Fsp3) is 1.00. The average Bonchev–Trinajstić information content (AvgIpc) is 2.20. The highest BCUT2D eigenvalue weighted by Crippen LogP contribution is 2.16. The number of hydrogen-bond donors (Lipinski definition) is 0.